The minimum Gasteiger partial charge on any atom is -0.458 e. The van der Waals surface area contributed by atoms with E-state index in [1.807, 2.05) is 30.3 Å². The number of amides is 1. The fraction of sp³-hybridized carbons (Fsp3) is 0.500. The Bertz CT molecular complexity index is 483. The summed E-state index contributed by atoms with van der Waals surface area (Å²) in [7, 11) is 0. The second kappa shape index (κ2) is 8.38. The van der Waals surface area contributed by atoms with Crippen LogP contribution in [0.5, 0.6) is 0 Å². The molecular formula is C16H25N2O4+. The Kier molecular flexibility index (Phi) is 6.85. The standard InChI is InChI=1S/C16H24N2O4/c1-16(2,3)22-14(19)13(9-10-17)18-15(20)21-11-12-7-5-4-6-8-12/h4-8,13H,9-11,17H2,1-3H3,(H,18,20)/p+1/t13-/m0/s1. The monoisotopic (exact) mass is 309 g/mol. The van der Waals surface area contributed by atoms with Crippen molar-refractivity contribution in [2.45, 2.75) is 45.4 Å². The molecule has 0 saturated heterocycles. The molecule has 0 unspecified atom stereocenters. The highest BCUT2D eigenvalue weighted by atomic mass is 16.6. The lowest BCUT2D eigenvalue weighted by molar-refractivity contribution is -0.369. The van der Waals surface area contributed by atoms with Crippen LogP contribution in [0.25, 0.3) is 0 Å². The molecular weight excluding hydrogens is 284 g/mol. The van der Waals surface area contributed by atoms with E-state index < -0.39 is 23.7 Å². The van der Waals surface area contributed by atoms with Crippen LogP contribution >= 0.6 is 0 Å². The summed E-state index contributed by atoms with van der Waals surface area (Å²) in [4.78, 5) is 23.8. The number of benzene rings is 1. The number of carbonyl (C=O) groups excluding carboxylic acids is 2. The molecule has 0 spiro atoms. The molecule has 0 heterocycles. The lowest BCUT2D eigenvalue weighted by Gasteiger charge is -2.23. The smallest absolute Gasteiger partial charge is 0.408 e. The Morgan fingerprint density at radius 2 is 1.86 bits per heavy atom. The maximum atomic E-state index is 12.0. The lowest BCUT2D eigenvalue weighted by Crippen LogP contribution is -2.55. The molecule has 122 valence electrons. The number of ether oxygens (including phenoxy) is 2. The van der Waals surface area contributed by atoms with Crippen molar-refractivity contribution in [1.29, 1.82) is 0 Å². The van der Waals surface area contributed by atoms with E-state index in [4.69, 9.17) is 9.47 Å². The van der Waals surface area contributed by atoms with Crippen LogP contribution in [0.4, 0.5) is 4.79 Å². The Morgan fingerprint density at radius 3 is 2.41 bits per heavy atom. The number of hydrogen-bond acceptors (Lipinski definition) is 4. The average Bonchev–Trinajstić information content (AvgIpc) is 2.44. The molecule has 1 aromatic rings. The van der Waals surface area contributed by atoms with Gasteiger partial charge in [-0.25, -0.2) is 9.59 Å². The van der Waals surface area contributed by atoms with Crippen LogP contribution < -0.4 is 11.1 Å². The molecule has 6 nitrogen and oxygen atoms in total. The molecule has 1 atom stereocenters. The fourth-order valence-corrected chi connectivity index (χ4v) is 1.73. The summed E-state index contributed by atoms with van der Waals surface area (Å²) in [5.74, 6) is -0.479. The largest absolute Gasteiger partial charge is 0.458 e. The maximum Gasteiger partial charge on any atom is 0.408 e. The van der Waals surface area contributed by atoms with E-state index in [1.54, 1.807) is 20.8 Å². The zero-order valence-corrected chi connectivity index (χ0v) is 13.4. The van der Waals surface area contributed by atoms with Gasteiger partial charge in [-0.2, -0.15) is 0 Å². The van der Waals surface area contributed by atoms with Gasteiger partial charge < -0.3 is 20.5 Å². The number of esters is 1. The van der Waals surface area contributed by atoms with Crippen LogP contribution in [0.2, 0.25) is 0 Å². The van der Waals surface area contributed by atoms with Crippen LogP contribution in [-0.4, -0.2) is 30.3 Å². The predicted molar refractivity (Wildman–Crippen MR) is 81.8 cm³/mol. The lowest BCUT2D eigenvalue weighted by atomic mass is 10.1. The van der Waals surface area contributed by atoms with Crippen molar-refractivity contribution in [1.82, 2.24) is 5.32 Å². The van der Waals surface area contributed by atoms with Gasteiger partial charge in [0.2, 0.25) is 0 Å². The Hall–Kier alpha value is -2.08. The molecule has 0 radical (unpaired) electrons. The third kappa shape index (κ3) is 7.08. The Labute approximate surface area is 131 Å². The van der Waals surface area contributed by atoms with Gasteiger partial charge >= 0.3 is 12.1 Å². The first kappa shape index (κ1) is 18.0. The van der Waals surface area contributed by atoms with E-state index in [9.17, 15) is 9.59 Å². The number of nitrogens with one attached hydrogen (secondary N) is 1. The van der Waals surface area contributed by atoms with Gasteiger partial charge in [0.15, 0.2) is 0 Å². The van der Waals surface area contributed by atoms with E-state index in [-0.39, 0.29) is 6.61 Å². The highest BCUT2D eigenvalue weighted by Gasteiger charge is 2.27. The van der Waals surface area contributed by atoms with Crippen LogP contribution in [0.1, 0.15) is 32.8 Å². The van der Waals surface area contributed by atoms with E-state index in [0.29, 0.717) is 13.0 Å². The summed E-state index contributed by atoms with van der Waals surface area (Å²) in [5.41, 5.74) is 3.98. The molecule has 22 heavy (non-hydrogen) atoms. The first-order chi connectivity index (χ1) is 10.3. The summed E-state index contributed by atoms with van der Waals surface area (Å²) in [6.45, 7) is 5.99. The van der Waals surface area contributed by atoms with Crippen molar-refractivity contribution in [2.24, 2.45) is 0 Å². The first-order valence-corrected chi connectivity index (χ1v) is 7.31. The zero-order valence-electron chi connectivity index (χ0n) is 13.4. The van der Waals surface area contributed by atoms with E-state index in [2.05, 4.69) is 11.1 Å². The van der Waals surface area contributed by atoms with Gasteiger partial charge in [-0.15, -0.1) is 0 Å². The zero-order chi connectivity index (χ0) is 16.6. The molecule has 0 aromatic heterocycles. The third-order valence-electron chi connectivity index (χ3n) is 2.69. The van der Waals surface area contributed by atoms with Gasteiger partial charge in [-0.3, -0.25) is 0 Å². The Balaban J connectivity index is 2.51. The summed E-state index contributed by atoms with van der Waals surface area (Å²) < 4.78 is 10.4. The molecule has 0 bridgehead atoms. The van der Waals surface area contributed by atoms with Gasteiger partial charge in [0.25, 0.3) is 0 Å². The Morgan fingerprint density at radius 1 is 1.23 bits per heavy atom. The molecule has 1 aromatic carbocycles. The predicted octanol–water partition coefficient (Wildman–Crippen LogP) is 1.26. The summed E-state index contributed by atoms with van der Waals surface area (Å²) in [5, 5.41) is 2.53. The molecule has 1 amide bonds. The second-order valence-corrected chi connectivity index (χ2v) is 5.93. The number of carbonyl (C=O) groups is 2. The van der Waals surface area contributed by atoms with Crippen molar-refractivity contribution in [3.8, 4) is 0 Å². The summed E-state index contributed by atoms with van der Waals surface area (Å²) in [6.07, 6.45) is -0.247. The second-order valence-electron chi connectivity index (χ2n) is 5.93. The minimum absolute atomic E-state index is 0.151. The third-order valence-corrected chi connectivity index (χ3v) is 2.69. The quantitative estimate of drug-likeness (QED) is 0.774. The fourth-order valence-electron chi connectivity index (χ4n) is 1.73. The first-order valence-electron chi connectivity index (χ1n) is 7.31. The van der Waals surface area contributed by atoms with Gasteiger partial charge in [0.05, 0.1) is 6.54 Å². The van der Waals surface area contributed by atoms with Gasteiger partial charge in [0.1, 0.15) is 18.2 Å². The molecule has 0 fully saturated rings. The van der Waals surface area contributed by atoms with Crippen molar-refractivity contribution in [2.75, 3.05) is 6.54 Å². The molecule has 6 heteroatoms. The molecule has 0 aliphatic rings. The van der Waals surface area contributed by atoms with Gasteiger partial charge in [0, 0.05) is 6.42 Å². The average molecular weight is 309 g/mol. The van der Waals surface area contributed by atoms with Crippen LogP contribution in [-0.2, 0) is 20.9 Å². The van der Waals surface area contributed by atoms with E-state index >= 15 is 0 Å². The van der Waals surface area contributed by atoms with Crippen molar-refractivity contribution >= 4 is 12.1 Å². The van der Waals surface area contributed by atoms with Crippen LogP contribution in [0.3, 0.4) is 0 Å². The van der Waals surface area contributed by atoms with Gasteiger partial charge in [-0.1, -0.05) is 30.3 Å². The number of hydrogen-bond donors (Lipinski definition) is 2. The highest BCUT2D eigenvalue weighted by Crippen LogP contribution is 2.10. The topological polar surface area (TPSA) is 92.3 Å². The highest BCUT2D eigenvalue weighted by molar-refractivity contribution is 5.81. The normalized spacial score (nSPS) is 12.4. The molecule has 0 saturated carbocycles. The molecule has 0 aliphatic carbocycles. The van der Waals surface area contributed by atoms with Crippen molar-refractivity contribution in [3.05, 3.63) is 35.9 Å². The minimum atomic E-state index is -0.750. The molecule has 0 aliphatic heterocycles. The van der Waals surface area contributed by atoms with Crippen LogP contribution in [0, 0.1) is 0 Å². The van der Waals surface area contributed by atoms with Crippen LogP contribution in [0.15, 0.2) is 30.3 Å². The summed E-state index contributed by atoms with van der Waals surface area (Å²) in [6, 6.07) is 8.57. The maximum absolute atomic E-state index is 12.0. The number of rotatable bonds is 6. The van der Waals surface area contributed by atoms with E-state index in [0.717, 1.165) is 5.56 Å². The van der Waals surface area contributed by atoms with E-state index in [1.165, 1.54) is 0 Å². The van der Waals surface area contributed by atoms with Gasteiger partial charge in [-0.05, 0) is 26.3 Å². The van der Waals surface area contributed by atoms with Crippen molar-refractivity contribution in [3.63, 3.8) is 0 Å². The number of alkyl carbamates (subject to hydrolysis) is 1. The molecule has 4 N–H and O–H groups in total. The summed E-state index contributed by atoms with van der Waals surface area (Å²) >= 11 is 0. The number of quaternary nitrogens is 1. The van der Waals surface area contributed by atoms with Crippen molar-refractivity contribution < 1.29 is 24.8 Å². The molecule has 1 rings (SSSR count). The SMILES string of the molecule is CC(C)(C)OC(=O)[C@H](CC[NH3+])NC(=O)OCc1ccccc1.